The van der Waals surface area contributed by atoms with Gasteiger partial charge in [0.1, 0.15) is 17.5 Å². The second-order valence-electron chi connectivity index (χ2n) is 11.6. The molecule has 236 valence electrons. The fourth-order valence-corrected chi connectivity index (χ4v) is 6.39. The number of hydrogen-bond donors (Lipinski definition) is 2. The summed E-state index contributed by atoms with van der Waals surface area (Å²) in [6.07, 6.45) is 21.1. The maximum absolute atomic E-state index is 12.6. The number of halogens is 2. The fourth-order valence-electron chi connectivity index (χ4n) is 5.39. The first kappa shape index (κ1) is 34.9. The summed E-state index contributed by atoms with van der Waals surface area (Å²) in [6, 6.07) is 5.39. The second-order valence-corrected chi connectivity index (χ2v) is 13.2. The Hall–Kier alpha value is -1.54. The third-order valence-corrected chi connectivity index (χ3v) is 9.52. The molecule has 0 aliphatic carbocycles. The number of hydrogen-bond acceptors (Lipinski definition) is 6. The van der Waals surface area contributed by atoms with E-state index >= 15 is 0 Å². The normalized spacial score (nSPS) is 14.3. The van der Waals surface area contributed by atoms with Crippen LogP contribution in [0.2, 0.25) is 10.0 Å². The Bertz CT molecular complexity index is 1010. The summed E-state index contributed by atoms with van der Waals surface area (Å²) in [5.41, 5.74) is 0.497. The molecular formula is C33H52Cl2N4O2S. The molecule has 1 saturated heterocycles. The van der Waals surface area contributed by atoms with Crippen molar-refractivity contribution in [1.29, 1.82) is 0 Å². The smallest absolute Gasteiger partial charge is 0.270 e. The Kier molecular flexibility index (Phi) is 17.6. The minimum atomic E-state index is -0.103. The summed E-state index contributed by atoms with van der Waals surface area (Å²) in [4.78, 5) is 19.4. The average Bonchev–Trinajstić information content (AvgIpc) is 3.47. The van der Waals surface area contributed by atoms with Crippen LogP contribution in [-0.2, 0) is 0 Å². The first-order chi connectivity index (χ1) is 20.5. The third-order valence-electron chi connectivity index (χ3n) is 7.99. The van der Waals surface area contributed by atoms with Crippen molar-refractivity contribution < 1.29 is 9.53 Å². The first-order valence-electron chi connectivity index (χ1n) is 16.4. The number of anilines is 1. The van der Waals surface area contributed by atoms with Gasteiger partial charge in [0.05, 0.1) is 10.0 Å². The van der Waals surface area contributed by atoms with Crippen molar-refractivity contribution in [3.05, 3.63) is 39.3 Å². The Labute approximate surface area is 268 Å². The molecule has 2 heterocycles. The van der Waals surface area contributed by atoms with Crippen molar-refractivity contribution in [2.45, 2.75) is 116 Å². The van der Waals surface area contributed by atoms with Gasteiger partial charge in [-0.1, -0.05) is 114 Å². The maximum atomic E-state index is 12.6. The average molecular weight is 640 g/mol. The highest BCUT2D eigenvalue weighted by molar-refractivity contribution is 7.13. The van der Waals surface area contributed by atoms with Crippen molar-refractivity contribution in [1.82, 2.24) is 15.2 Å². The number of aromatic nitrogens is 1. The van der Waals surface area contributed by atoms with Gasteiger partial charge in [0, 0.05) is 44.2 Å². The molecule has 1 aliphatic heterocycles. The molecule has 0 bridgehead atoms. The molecule has 1 fully saturated rings. The Balaban J connectivity index is 1.15. The molecule has 42 heavy (non-hydrogen) atoms. The van der Waals surface area contributed by atoms with E-state index in [1.165, 1.54) is 94.8 Å². The zero-order chi connectivity index (χ0) is 29.8. The summed E-state index contributed by atoms with van der Waals surface area (Å²) >= 11 is 13.6. The van der Waals surface area contributed by atoms with E-state index in [0.29, 0.717) is 22.3 Å². The van der Waals surface area contributed by atoms with Gasteiger partial charge in [-0.3, -0.25) is 4.79 Å². The van der Waals surface area contributed by atoms with Crippen LogP contribution in [0, 0.1) is 0 Å². The van der Waals surface area contributed by atoms with E-state index in [9.17, 15) is 4.79 Å². The number of thiazole rings is 1. The molecule has 6 nitrogen and oxygen atoms in total. The largest absolute Gasteiger partial charge is 0.490 e. The summed E-state index contributed by atoms with van der Waals surface area (Å²) in [7, 11) is 0. The Morgan fingerprint density at radius 3 is 2.14 bits per heavy atom. The number of nitrogens with one attached hydrogen (secondary N) is 2. The number of rotatable bonds is 22. The van der Waals surface area contributed by atoms with Crippen LogP contribution < -0.4 is 15.4 Å². The van der Waals surface area contributed by atoms with Gasteiger partial charge in [-0.2, -0.15) is 0 Å². The molecule has 0 atom stereocenters. The molecule has 2 N–H and O–H groups in total. The number of ether oxygens (including phenoxy) is 1. The molecular weight excluding hydrogens is 587 g/mol. The van der Waals surface area contributed by atoms with Gasteiger partial charge in [-0.25, -0.2) is 4.98 Å². The number of carbonyl (C=O) groups excluding carboxylic acids is 1. The van der Waals surface area contributed by atoms with Gasteiger partial charge in [0.25, 0.3) is 5.91 Å². The molecule has 0 spiro atoms. The third kappa shape index (κ3) is 14.3. The number of piperidine rings is 1. The maximum Gasteiger partial charge on any atom is 0.270 e. The fraction of sp³-hybridized carbons (Fsp3) is 0.697. The highest BCUT2D eigenvalue weighted by Crippen LogP contribution is 2.28. The lowest BCUT2D eigenvalue weighted by molar-refractivity contribution is 0.0902. The molecule has 9 heteroatoms. The van der Waals surface area contributed by atoms with Crippen molar-refractivity contribution in [2.75, 3.05) is 38.0 Å². The number of nitrogens with zero attached hydrogens (tertiary/aromatic N) is 2. The van der Waals surface area contributed by atoms with Gasteiger partial charge in [0.2, 0.25) is 0 Å². The lowest BCUT2D eigenvalue weighted by atomic mass is 10.0. The molecule has 1 amide bonds. The minimum absolute atomic E-state index is 0.103. The van der Waals surface area contributed by atoms with Crippen LogP contribution in [0.15, 0.2) is 23.6 Å². The second kappa shape index (κ2) is 21.2. The van der Waals surface area contributed by atoms with E-state index < -0.39 is 0 Å². The molecule has 1 aromatic heterocycles. The summed E-state index contributed by atoms with van der Waals surface area (Å²) < 4.78 is 6.07. The molecule has 0 radical (unpaired) electrons. The van der Waals surface area contributed by atoms with Gasteiger partial charge in [0.15, 0.2) is 5.13 Å². The molecule has 3 rings (SSSR count). The summed E-state index contributed by atoms with van der Waals surface area (Å²) in [5.74, 6) is 0.653. The number of likely N-dealkylation sites (tertiary alicyclic amines) is 1. The van der Waals surface area contributed by atoms with Gasteiger partial charge in [-0.15, -0.1) is 11.3 Å². The Morgan fingerprint density at radius 1 is 0.905 bits per heavy atom. The monoisotopic (exact) mass is 638 g/mol. The number of unbranched alkanes of at least 4 members (excludes halogenated alkanes) is 13. The zero-order valence-electron chi connectivity index (χ0n) is 25.6. The van der Waals surface area contributed by atoms with Crippen molar-refractivity contribution in [3.63, 3.8) is 0 Å². The highest BCUT2D eigenvalue weighted by Gasteiger charge is 2.21. The lowest BCUT2D eigenvalue weighted by Crippen LogP contribution is -2.42. The van der Waals surface area contributed by atoms with Crippen LogP contribution in [0.25, 0.3) is 0 Å². The standard InChI is InChI=1S/C33H52Cl2N4O2S/c1-2-3-4-5-6-7-8-9-10-11-12-13-14-15-20-37-33-38-31(26-42-33)32(40)36-21-24-39-22-18-27(19-23-39)41-28-16-17-29(34)30(35)25-28/h16-17,25-27H,2-15,18-24H2,1H3,(H,36,40)(H,37,38). The summed E-state index contributed by atoms with van der Waals surface area (Å²) in [6.45, 7) is 6.49. The number of benzene rings is 1. The summed E-state index contributed by atoms with van der Waals surface area (Å²) in [5, 5.41) is 10.1. The van der Waals surface area contributed by atoms with E-state index in [0.717, 1.165) is 56.3 Å². The van der Waals surface area contributed by atoms with E-state index in [1.807, 2.05) is 11.4 Å². The van der Waals surface area contributed by atoms with Crippen molar-refractivity contribution >= 4 is 45.6 Å². The van der Waals surface area contributed by atoms with Gasteiger partial charge < -0.3 is 20.3 Å². The van der Waals surface area contributed by atoms with Crippen LogP contribution in [0.1, 0.15) is 120 Å². The zero-order valence-corrected chi connectivity index (χ0v) is 27.9. The lowest BCUT2D eigenvalue weighted by Gasteiger charge is -2.32. The molecule has 2 aromatic rings. The molecule has 0 unspecified atom stereocenters. The van der Waals surface area contributed by atoms with E-state index in [-0.39, 0.29) is 12.0 Å². The minimum Gasteiger partial charge on any atom is -0.490 e. The van der Waals surface area contributed by atoms with E-state index in [1.54, 1.807) is 12.1 Å². The molecule has 1 aromatic carbocycles. The molecule has 1 aliphatic rings. The SMILES string of the molecule is CCCCCCCCCCCCCCCCNc1nc(C(=O)NCCN2CCC(Oc3ccc(Cl)c(Cl)c3)CC2)cs1. The topological polar surface area (TPSA) is 66.5 Å². The first-order valence-corrected chi connectivity index (χ1v) is 18.0. The number of amides is 1. The predicted molar refractivity (Wildman–Crippen MR) is 180 cm³/mol. The van der Waals surface area contributed by atoms with Crippen molar-refractivity contribution in [3.8, 4) is 5.75 Å². The predicted octanol–water partition coefficient (Wildman–Crippen LogP) is 9.62. The quantitative estimate of drug-likeness (QED) is 0.126. The van der Waals surface area contributed by atoms with Crippen LogP contribution in [0.5, 0.6) is 5.75 Å². The molecule has 0 saturated carbocycles. The highest BCUT2D eigenvalue weighted by atomic mass is 35.5. The van der Waals surface area contributed by atoms with Gasteiger partial charge in [-0.05, 0) is 31.4 Å². The number of carbonyl (C=O) groups is 1. The van der Waals surface area contributed by atoms with Crippen LogP contribution in [-0.4, -0.2) is 54.6 Å². The van der Waals surface area contributed by atoms with Crippen LogP contribution >= 0.6 is 34.5 Å². The van der Waals surface area contributed by atoms with Gasteiger partial charge >= 0.3 is 0 Å². The van der Waals surface area contributed by atoms with Crippen LogP contribution in [0.3, 0.4) is 0 Å². The Morgan fingerprint density at radius 2 is 1.52 bits per heavy atom. The van der Waals surface area contributed by atoms with Crippen LogP contribution in [0.4, 0.5) is 5.13 Å². The van der Waals surface area contributed by atoms with E-state index in [4.69, 9.17) is 27.9 Å². The van der Waals surface area contributed by atoms with Crippen molar-refractivity contribution in [2.24, 2.45) is 0 Å². The van der Waals surface area contributed by atoms with E-state index in [2.05, 4.69) is 27.4 Å².